The molecule has 0 saturated carbocycles. The number of aromatic amines is 1. The molecule has 2 rings (SSSR count). The van der Waals surface area contributed by atoms with Crippen LogP contribution in [0.15, 0.2) is 42.6 Å². The first-order valence-electron chi connectivity index (χ1n) is 8.88. The van der Waals surface area contributed by atoms with Crippen LogP contribution in [0.3, 0.4) is 0 Å². The largest absolute Gasteiger partial charge is 0.379 e. The van der Waals surface area contributed by atoms with Crippen LogP contribution in [0.2, 0.25) is 0 Å². The number of ether oxygens (including phenoxy) is 1. The number of fused-ring (bicyclic) bond motifs is 1. The van der Waals surface area contributed by atoms with E-state index >= 15 is 4.39 Å². The first kappa shape index (κ1) is 20.5. The molecule has 0 aliphatic heterocycles. The van der Waals surface area contributed by atoms with Crippen LogP contribution in [0.25, 0.3) is 10.9 Å². The Morgan fingerprint density at radius 1 is 1.48 bits per heavy atom. The molecule has 27 heavy (non-hydrogen) atoms. The van der Waals surface area contributed by atoms with Crippen molar-refractivity contribution in [1.82, 2.24) is 9.88 Å². The van der Waals surface area contributed by atoms with E-state index in [2.05, 4.69) is 22.9 Å². The number of aryl methyl sites for hydroxylation is 1. The van der Waals surface area contributed by atoms with E-state index in [4.69, 9.17) is 4.74 Å². The normalized spacial score (nSPS) is 12.5. The van der Waals surface area contributed by atoms with E-state index in [1.165, 1.54) is 11.0 Å². The highest BCUT2D eigenvalue weighted by Crippen LogP contribution is 2.30. The zero-order valence-electron chi connectivity index (χ0n) is 16.6. The number of likely N-dealkylation sites (N-methyl/N-ethyl adjacent to an activating group) is 1. The van der Waals surface area contributed by atoms with E-state index in [0.717, 1.165) is 16.5 Å². The molecule has 144 valence electrons. The highest BCUT2D eigenvalue weighted by molar-refractivity contribution is 5.97. The summed E-state index contributed by atoms with van der Waals surface area (Å²) in [5.41, 5.74) is 2.70. The number of nitrogens with one attached hydrogen (secondary N) is 2. The van der Waals surface area contributed by atoms with Crippen LogP contribution < -0.4 is 5.32 Å². The molecule has 0 amide bonds. The lowest BCUT2D eigenvalue weighted by atomic mass is 10.1. The molecule has 0 fully saturated rings. The highest BCUT2D eigenvalue weighted by atomic mass is 19.1. The number of allylic oxidation sites excluding steroid dienone is 1. The van der Waals surface area contributed by atoms with Crippen molar-refractivity contribution < 1.29 is 9.13 Å². The Morgan fingerprint density at radius 2 is 2.19 bits per heavy atom. The van der Waals surface area contributed by atoms with E-state index < -0.39 is 11.5 Å². The SMILES string of the molecule is C=C/C(Nc1ccc(C)c2c(C#N)c[nH]c12)=C(/F)N(C)C(C)(C)COCC. The minimum absolute atomic E-state index is 0.250. The van der Waals surface area contributed by atoms with Crippen LogP contribution in [-0.2, 0) is 4.74 Å². The summed E-state index contributed by atoms with van der Waals surface area (Å²) in [7, 11) is 1.69. The molecule has 1 aromatic carbocycles. The van der Waals surface area contributed by atoms with Gasteiger partial charge < -0.3 is 19.9 Å². The molecule has 0 unspecified atom stereocenters. The molecule has 0 saturated heterocycles. The van der Waals surface area contributed by atoms with Gasteiger partial charge in [-0.25, -0.2) is 0 Å². The Hall–Kier alpha value is -2.78. The molecule has 0 radical (unpaired) electrons. The molecule has 0 aliphatic carbocycles. The van der Waals surface area contributed by atoms with Crippen LogP contribution in [-0.4, -0.2) is 35.7 Å². The van der Waals surface area contributed by atoms with Gasteiger partial charge in [0.15, 0.2) is 0 Å². The molecular weight excluding hydrogens is 343 g/mol. The van der Waals surface area contributed by atoms with Gasteiger partial charge in [-0.15, -0.1) is 0 Å². The summed E-state index contributed by atoms with van der Waals surface area (Å²) in [6.07, 6.45) is 3.11. The van der Waals surface area contributed by atoms with Crippen molar-refractivity contribution in [3.8, 4) is 6.07 Å². The second-order valence-corrected chi connectivity index (χ2v) is 7.04. The average Bonchev–Trinajstić information content (AvgIpc) is 3.10. The fraction of sp³-hybridized carbons (Fsp3) is 0.381. The van der Waals surface area contributed by atoms with E-state index in [1.54, 1.807) is 13.2 Å². The number of rotatable bonds is 8. The molecule has 5 nitrogen and oxygen atoms in total. The van der Waals surface area contributed by atoms with Crippen molar-refractivity contribution in [3.05, 3.63) is 53.8 Å². The first-order valence-corrected chi connectivity index (χ1v) is 8.88. The van der Waals surface area contributed by atoms with Crippen LogP contribution in [0, 0.1) is 18.3 Å². The number of nitriles is 1. The molecular formula is C21H27FN4O. The zero-order chi connectivity index (χ0) is 20.2. The minimum atomic E-state index is -0.529. The molecule has 1 heterocycles. The van der Waals surface area contributed by atoms with Crippen molar-refractivity contribution in [1.29, 1.82) is 5.26 Å². The third-order valence-electron chi connectivity index (χ3n) is 4.72. The van der Waals surface area contributed by atoms with Crippen molar-refractivity contribution in [2.24, 2.45) is 0 Å². The lowest BCUT2D eigenvalue weighted by Crippen LogP contribution is -2.44. The van der Waals surface area contributed by atoms with E-state index in [1.807, 2.05) is 39.8 Å². The van der Waals surface area contributed by atoms with Gasteiger partial charge in [0.25, 0.3) is 0 Å². The summed E-state index contributed by atoms with van der Waals surface area (Å²) in [6, 6.07) is 5.94. The number of benzene rings is 1. The van der Waals surface area contributed by atoms with Crippen molar-refractivity contribution >= 4 is 16.6 Å². The second kappa shape index (κ2) is 8.28. The number of H-pyrrole nitrogens is 1. The predicted octanol–water partition coefficient (Wildman–Crippen LogP) is 4.83. The Balaban J connectivity index is 2.42. The molecule has 2 aromatic rings. The quantitative estimate of drug-likeness (QED) is 0.516. The van der Waals surface area contributed by atoms with Gasteiger partial charge in [-0.05, 0) is 45.4 Å². The predicted molar refractivity (Wildman–Crippen MR) is 108 cm³/mol. The van der Waals surface area contributed by atoms with Gasteiger partial charge in [-0.2, -0.15) is 9.65 Å². The van der Waals surface area contributed by atoms with Crippen LogP contribution in [0.4, 0.5) is 10.1 Å². The Kier molecular flexibility index (Phi) is 6.29. The van der Waals surface area contributed by atoms with Crippen molar-refractivity contribution in [2.45, 2.75) is 33.2 Å². The third-order valence-corrected chi connectivity index (χ3v) is 4.72. The summed E-state index contributed by atoms with van der Waals surface area (Å²) in [4.78, 5) is 4.64. The van der Waals surface area contributed by atoms with Gasteiger partial charge in [0.1, 0.15) is 6.07 Å². The third kappa shape index (κ3) is 4.15. The number of aromatic nitrogens is 1. The van der Waals surface area contributed by atoms with E-state index in [0.29, 0.717) is 24.5 Å². The number of anilines is 1. The van der Waals surface area contributed by atoms with Crippen LogP contribution in [0.5, 0.6) is 0 Å². The second-order valence-electron chi connectivity index (χ2n) is 7.04. The first-order chi connectivity index (χ1) is 12.8. The molecule has 1 aromatic heterocycles. The van der Waals surface area contributed by atoms with Gasteiger partial charge in [0.05, 0.1) is 34.6 Å². The molecule has 0 aliphatic rings. The van der Waals surface area contributed by atoms with Gasteiger partial charge in [-0.3, -0.25) is 0 Å². The Labute approximate surface area is 160 Å². The summed E-state index contributed by atoms with van der Waals surface area (Å²) in [6.45, 7) is 12.4. The molecule has 2 N–H and O–H groups in total. The van der Waals surface area contributed by atoms with E-state index in [-0.39, 0.29) is 5.70 Å². The van der Waals surface area contributed by atoms with E-state index in [9.17, 15) is 5.26 Å². The fourth-order valence-electron chi connectivity index (χ4n) is 2.84. The standard InChI is InChI=1S/C21H27FN4O/c1-7-16(20(22)26(6)21(4,5)13-27-8-2)25-17-10-9-14(3)18-15(11-23)12-24-19(17)18/h7,9-10,12,24-25H,1,8,13H2,2-6H3/b20-16+. The topological polar surface area (TPSA) is 64.1 Å². The molecule has 0 atom stereocenters. The zero-order valence-corrected chi connectivity index (χ0v) is 16.6. The van der Waals surface area contributed by atoms with Gasteiger partial charge in [0.2, 0.25) is 5.95 Å². The molecule has 0 spiro atoms. The number of halogens is 1. The van der Waals surface area contributed by atoms with Gasteiger partial charge in [-0.1, -0.05) is 12.6 Å². The van der Waals surface area contributed by atoms with Crippen molar-refractivity contribution in [3.63, 3.8) is 0 Å². The number of hydrogen-bond acceptors (Lipinski definition) is 4. The Morgan fingerprint density at radius 3 is 2.78 bits per heavy atom. The summed E-state index contributed by atoms with van der Waals surface area (Å²) in [5, 5.41) is 13.2. The monoisotopic (exact) mass is 370 g/mol. The lowest BCUT2D eigenvalue weighted by Gasteiger charge is -2.36. The summed E-state index contributed by atoms with van der Waals surface area (Å²) in [5.74, 6) is -0.435. The molecule has 6 heteroatoms. The van der Waals surface area contributed by atoms with Gasteiger partial charge in [0, 0.05) is 25.2 Å². The smallest absolute Gasteiger partial charge is 0.213 e. The fourth-order valence-corrected chi connectivity index (χ4v) is 2.84. The average molecular weight is 370 g/mol. The number of hydrogen-bond donors (Lipinski definition) is 2. The number of nitrogens with zero attached hydrogens (tertiary/aromatic N) is 2. The maximum absolute atomic E-state index is 15.2. The lowest BCUT2D eigenvalue weighted by molar-refractivity contribution is 0.0342. The van der Waals surface area contributed by atoms with Crippen LogP contribution in [0.1, 0.15) is 31.9 Å². The van der Waals surface area contributed by atoms with Crippen molar-refractivity contribution in [2.75, 3.05) is 25.6 Å². The minimum Gasteiger partial charge on any atom is -0.379 e. The maximum atomic E-state index is 15.2. The van der Waals surface area contributed by atoms with Gasteiger partial charge >= 0.3 is 0 Å². The van der Waals surface area contributed by atoms with Crippen LogP contribution >= 0.6 is 0 Å². The summed E-state index contributed by atoms with van der Waals surface area (Å²) >= 11 is 0. The summed E-state index contributed by atoms with van der Waals surface area (Å²) < 4.78 is 20.6. The maximum Gasteiger partial charge on any atom is 0.213 e. The Bertz CT molecular complexity index is 905. The highest BCUT2D eigenvalue weighted by Gasteiger charge is 2.27. The molecule has 0 bridgehead atoms.